The number of nitrogens with zero attached hydrogens (tertiary/aromatic N) is 1. The van der Waals surface area contributed by atoms with Crippen molar-refractivity contribution >= 4 is 15.8 Å². The molecule has 22 heavy (non-hydrogen) atoms. The second-order valence-corrected chi connectivity index (χ2v) is 7.59. The Morgan fingerprint density at radius 2 is 1.86 bits per heavy atom. The molecule has 0 atom stereocenters. The summed E-state index contributed by atoms with van der Waals surface area (Å²) >= 11 is 0. The third-order valence-electron chi connectivity index (χ3n) is 4.16. The lowest BCUT2D eigenvalue weighted by molar-refractivity contribution is 0.354. The second kappa shape index (κ2) is 6.52. The van der Waals surface area contributed by atoms with Gasteiger partial charge in [0.05, 0.1) is 4.90 Å². The first-order valence-corrected chi connectivity index (χ1v) is 9.24. The van der Waals surface area contributed by atoms with E-state index in [1.165, 1.54) is 32.1 Å². The Labute approximate surface area is 131 Å². The average molecular weight is 319 g/mol. The molecule has 6 heteroatoms. The van der Waals surface area contributed by atoms with Crippen LogP contribution >= 0.6 is 0 Å². The minimum absolute atomic E-state index is 0.242. The molecule has 3 rings (SSSR count). The van der Waals surface area contributed by atoms with Gasteiger partial charge in [0.1, 0.15) is 0 Å². The van der Waals surface area contributed by atoms with Gasteiger partial charge < -0.3 is 0 Å². The Bertz CT molecular complexity index is 704. The number of anilines is 1. The molecule has 0 bridgehead atoms. The van der Waals surface area contributed by atoms with Crippen LogP contribution in [0, 0.1) is 5.92 Å². The van der Waals surface area contributed by atoms with Gasteiger partial charge in [-0.05, 0) is 24.5 Å². The molecule has 1 fully saturated rings. The van der Waals surface area contributed by atoms with Crippen LogP contribution in [0.5, 0.6) is 0 Å². The summed E-state index contributed by atoms with van der Waals surface area (Å²) in [6, 6.07) is 10.1. The highest BCUT2D eigenvalue weighted by atomic mass is 32.2. The molecule has 5 nitrogen and oxygen atoms in total. The lowest BCUT2D eigenvalue weighted by Crippen LogP contribution is -2.13. The van der Waals surface area contributed by atoms with Crippen molar-refractivity contribution in [2.75, 3.05) is 4.72 Å². The lowest BCUT2D eigenvalue weighted by atomic mass is 9.86. The summed E-state index contributed by atoms with van der Waals surface area (Å²) in [6.07, 6.45) is 7.38. The maximum absolute atomic E-state index is 12.2. The molecule has 1 heterocycles. The van der Waals surface area contributed by atoms with Crippen LogP contribution < -0.4 is 4.72 Å². The van der Waals surface area contributed by atoms with Crippen LogP contribution in [0.15, 0.2) is 41.3 Å². The number of sulfonamides is 1. The summed E-state index contributed by atoms with van der Waals surface area (Å²) in [5.74, 6) is 1.04. The molecule has 0 saturated heterocycles. The summed E-state index contributed by atoms with van der Waals surface area (Å²) in [5.41, 5.74) is 0.998. The summed E-state index contributed by atoms with van der Waals surface area (Å²) in [6.45, 7) is 0. The standard InChI is InChI=1S/C16H21N3O2S/c20-22(21,15-9-5-2-6-10-15)19-16-12-14(17-18-16)11-13-7-3-1-4-8-13/h2,5-6,9-10,12-13H,1,3-4,7-8,11H2,(H2,17,18,19). The van der Waals surface area contributed by atoms with Crippen LogP contribution in [0.2, 0.25) is 0 Å². The molecule has 0 spiro atoms. The van der Waals surface area contributed by atoms with Gasteiger partial charge >= 0.3 is 0 Å². The van der Waals surface area contributed by atoms with Gasteiger partial charge in [-0.2, -0.15) is 5.10 Å². The fourth-order valence-corrected chi connectivity index (χ4v) is 4.03. The Morgan fingerprint density at radius 3 is 2.59 bits per heavy atom. The summed E-state index contributed by atoms with van der Waals surface area (Å²) in [4.78, 5) is 0.242. The Hall–Kier alpha value is -1.82. The van der Waals surface area contributed by atoms with Crippen LogP contribution in [-0.4, -0.2) is 18.6 Å². The Morgan fingerprint density at radius 1 is 1.14 bits per heavy atom. The summed E-state index contributed by atoms with van der Waals surface area (Å²) in [7, 11) is -3.57. The topological polar surface area (TPSA) is 74.8 Å². The Kier molecular flexibility index (Phi) is 4.47. The fourth-order valence-electron chi connectivity index (χ4n) is 3.02. The molecule has 0 aliphatic heterocycles. The van der Waals surface area contributed by atoms with E-state index < -0.39 is 10.0 Å². The van der Waals surface area contributed by atoms with E-state index in [9.17, 15) is 8.42 Å². The quantitative estimate of drug-likeness (QED) is 0.887. The van der Waals surface area contributed by atoms with Crippen LogP contribution in [-0.2, 0) is 16.4 Å². The zero-order chi connectivity index (χ0) is 15.4. The summed E-state index contributed by atoms with van der Waals surface area (Å²) < 4.78 is 27.0. The largest absolute Gasteiger partial charge is 0.280 e. The van der Waals surface area contributed by atoms with Gasteiger partial charge in [0.15, 0.2) is 5.82 Å². The predicted octanol–water partition coefficient (Wildman–Crippen LogP) is 3.33. The van der Waals surface area contributed by atoms with Gasteiger partial charge in [-0.15, -0.1) is 0 Å². The Balaban J connectivity index is 1.66. The molecule has 118 valence electrons. The van der Waals surface area contributed by atoms with Gasteiger partial charge in [0.2, 0.25) is 0 Å². The number of nitrogens with one attached hydrogen (secondary N) is 2. The summed E-state index contributed by atoms with van der Waals surface area (Å²) in [5, 5.41) is 7.03. The normalized spacial score (nSPS) is 16.5. The molecule has 1 aromatic heterocycles. The van der Waals surface area contributed by atoms with E-state index in [1.54, 1.807) is 36.4 Å². The zero-order valence-corrected chi connectivity index (χ0v) is 13.3. The van der Waals surface area contributed by atoms with Gasteiger partial charge in [-0.3, -0.25) is 9.82 Å². The zero-order valence-electron chi connectivity index (χ0n) is 12.5. The molecule has 2 aromatic rings. The molecule has 0 unspecified atom stereocenters. The van der Waals surface area contributed by atoms with Gasteiger partial charge in [0, 0.05) is 11.8 Å². The molecule has 2 N–H and O–H groups in total. The van der Waals surface area contributed by atoms with Crippen molar-refractivity contribution in [3.05, 3.63) is 42.1 Å². The number of aromatic nitrogens is 2. The third kappa shape index (κ3) is 3.68. The molecule has 1 aliphatic rings. The van der Waals surface area contributed by atoms with Crippen molar-refractivity contribution in [1.29, 1.82) is 0 Å². The first kappa shape index (κ1) is 15.1. The maximum atomic E-state index is 12.2. The number of aromatic amines is 1. The minimum atomic E-state index is -3.57. The minimum Gasteiger partial charge on any atom is -0.280 e. The van der Waals surface area contributed by atoms with Crippen molar-refractivity contribution < 1.29 is 8.42 Å². The van der Waals surface area contributed by atoms with E-state index in [0.717, 1.165) is 12.1 Å². The van der Waals surface area contributed by atoms with E-state index in [2.05, 4.69) is 14.9 Å². The first-order chi connectivity index (χ1) is 10.6. The molecule has 0 amide bonds. The van der Waals surface area contributed by atoms with Crippen LogP contribution in [0.25, 0.3) is 0 Å². The van der Waals surface area contributed by atoms with E-state index in [1.807, 2.05) is 0 Å². The average Bonchev–Trinajstić information content (AvgIpc) is 2.95. The number of hydrogen-bond donors (Lipinski definition) is 2. The predicted molar refractivity (Wildman–Crippen MR) is 86.1 cm³/mol. The van der Waals surface area contributed by atoms with E-state index >= 15 is 0 Å². The molecular formula is C16H21N3O2S. The van der Waals surface area contributed by atoms with E-state index in [-0.39, 0.29) is 4.90 Å². The van der Waals surface area contributed by atoms with Crippen LogP contribution in [0.1, 0.15) is 37.8 Å². The van der Waals surface area contributed by atoms with Gasteiger partial charge in [-0.1, -0.05) is 50.3 Å². The number of benzene rings is 1. The fraction of sp³-hybridized carbons (Fsp3) is 0.438. The maximum Gasteiger partial charge on any atom is 0.263 e. The van der Waals surface area contributed by atoms with E-state index in [0.29, 0.717) is 11.7 Å². The van der Waals surface area contributed by atoms with Crippen molar-refractivity contribution in [3.63, 3.8) is 0 Å². The van der Waals surface area contributed by atoms with Crippen LogP contribution in [0.4, 0.5) is 5.82 Å². The van der Waals surface area contributed by atoms with Crippen molar-refractivity contribution in [1.82, 2.24) is 10.2 Å². The van der Waals surface area contributed by atoms with Crippen molar-refractivity contribution in [2.45, 2.75) is 43.4 Å². The monoisotopic (exact) mass is 319 g/mol. The highest BCUT2D eigenvalue weighted by molar-refractivity contribution is 7.92. The molecule has 1 aromatic carbocycles. The highest BCUT2D eigenvalue weighted by Crippen LogP contribution is 2.27. The molecule has 1 aliphatic carbocycles. The van der Waals surface area contributed by atoms with E-state index in [4.69, 9.17) is 0 Å². The number of rotatable bonds is 5. The van der Waals surface area contributed by atoms with Gasteiger partial charge in [0.25, 0.3) is 10.0 Å². The van der Waals surface area contributed by atoms with Gasteiger partial charge in [-0.25, -0.2) is 8.42 Å². The number of hydrogen-bond acceptors (Lipinski definition) is 3. The molecule has 0 radical (unpaired) electrons. The van der Waals surface area contributed by atoms with Crippen molar-refractivity contribution in [2.24, 2.45) is 5.92 Å². The van der Waals surface area contributed by atoms with Crippen molar-refractivity contribution in [3.8, 4) is 0 Å². The van der Waals surface area contributed by atoms with Crippen LogP contribution in [0.3, 0.4) is 0 Å². The molecule has 1 saturated carbocycles. The highest BCUT2D eigenvalue weighted by Gasteiger charge is 2.18. The SMILES string of the molecule is O=S(=O)(Nc1cc(CC2CCCCC2)[nH]n1)c1ccccc1. The second-order valence-electron chi connectivity index (χ2n) is 5.91. The first-order valence-electron chi connectivity index (χ1n) is 7.76. The third-order valence-corrected chi connectivity index (χ3v) is 5.53. The molecular weight excluding hydrogens is 298 g/mol. The number of H-pyrrole nitrogens is 1. The lowest BCUT2D eigenvalue weighted by Gasteiger charge is -2.20. The smallest absolute Gasteiger partial charge is 0.263 e.